The second-order valence-corrected chi connectivity index (χ2v) is 13.0. The molecule has 0 aromatic heterocycles. The van der Waals surface area contributed by atoms with Crippen LogP contribution in [0.4, 0.5) is 8.78 Å². The molecule has 167 valence electrons. The van der Waals surface area contributed by atoms with E-state index in [1.807, 2.05) is 6.07 Å². The van der Waals surface area contributed by atoms with Gasteiger partial charge in [0, 0.05) is 14.4 Å². The van der Waals surface area contributed by atoms with Crippen molar-refractivity contribution in [2.75, 3.05) is 0 Å². The van der Waals surface area contributed by atoms with Gasteiger partial charge < -0.3 is 0 Å². The van der Waals surface area contributed by atoms with Gasteiger partial charge in [-0.1, -0.05) is 81.4 Å². The first-order valence-electron chi connectivity index (χ1n) is 12.5. The van der Waals surface area contributed by atoms with E-state index in [1.54, 1.807) is 30.3 Å². The van der Waals surface area contributed by atoms with E-state index in [4.69, 9.17) is 0 Å². The van der Waals surface area contributed by atoms with Crippen molar-refractivity contribution in [3.8, 4) is 11.1 Å². The summed E-state index contributed by atoms with van der Waals surface area (Å²) >= 11 is 0. The number of hydrogen-bond acceptors (Lipinski definition) is 0. The monoisotopic (exact) mass is 439 g/mol. The van der Waals surface area contributed by atoms with E-state index >= 15 is 0 Å². The van der Waals surface area contributed by atoms with Crippen LogP contribution in [0.3, 0.4) is 0 Å². The molecule has 0 atom stereocenters. The molecule has 0 spiro atoms. The Hall–Kier alpha value is -1.48. The van der Waals surface area contributed by atoms with Gasteiger partial charge in [0.2, 0.25) is 0 Å². The highest BCUT2D eigenvalue weighted by atomic mass is 28.3. The zero-order chi connectivity index (χ0) is 21.6. The highest BCUT2D eigenvalue weighted by Crippen LogP contribution is 2.40. The Kier molecular flexibility index (Phi) is 7.98. The third-order valence-corrected chi connectivity index (χ3v) is 11.1. The molecule has 1 aliphatic carbocycles. The molecule has 1 aliphatic heterocycles. The lowest BCUT2D eigenvalue weighted by atomic mass is 9.76. The zero-order valence-corrected chi connectivity index (χ0v) is 20.0. The first-order valence-corrected chi connectivity index (χ1v) is 14.6. The highest BCUT2D eigenvalue weighted by Gasteiger charge is 2.26. The molecule has 3 heteroatoms. The van der Waals surface area contributed by atoms with Crippen LogP contribution in [-0.4, -0.2) is 8.80 Å². The fourth-order valence-electron chi connectivity index (χ4n) is 5.88. The standard InChI is InChI=1S/C28H37F2Si/c1-2-17-31-18-15-22(16-19-31)4-3-21-5-7-23(8-6-21)25-11-14-27(28(30)20-25)24-9-12-26(29)13-10-24/h9-14,20-23H,2-8,15-19H2,1H3. The molecule has 2 aromatic rings. The summed E-state index contributed by atoms with van der Waals surface area (Å²) in [5, 5.41) is 0. The van der Waals surface area contributed by atoms with Crippen molar-refractivity contribution in [2.45, 2.75) is 88.8 Å². The molecule has 1 radical (unpaired) electrons. The van der Waals surface area contributed by atoms with E-state index < -0.39 is 0 Å². The van der Waals surface area contributed by atoms with Crippen LogP contribution in [0, 0.1) is 23.5 Å². The van der Waals surface area contributed by atoms with Crippen molar-refractivity contribution in [1.82, 2.24) is 0 Å². The molecule has 0 bridgehead atoms. The third kappa shape index (κ3) is 6.06. The Morgan fingerprint density at radius 3 is 2.06 bits per heavy atom. The van der Waals surface area contributed by atoms with Gasteiger partial charge in [-0.25, -0.2) is 8.78 Å². The predicted octanol–water partition coefficient (Wildman–Crippen LogP) is 9.00. The van der Waals surface area contributed by atoms with Crippen LogP contribution in [0.5, 0.6) is 0 Å². The fourth-order valence-corrected chi connectivity index (χ4v) is 8.97. The molecule has 2 aromatic carbocycles. The summed E-state index contributed by atoms with van der Waals surface area (Å²) < 4.78 is 27.9. The molecule has 0 amide bonds. The predicted molar refractivity (Wildman–Crippen MR) is 129 cm³/mol. The van der Waals surface area contributed by atoms with Crippen LogP contribution >= 0.6 is 0 Å². The van der Waals surface area contributed by atoms with Gasteiger partial charge in [-0.05, 0) is 72.8 Å². The second-order valence-electron chi connectivity index (χ2n) is 9.98. The van der Waals surface area contributed by atoms with Gasteiger partial charge >= 0.3 is 0 Å². The molecule has 2 aliphatic rings. The highest BCUT2D eigenvalue weighted by molar-refractivity contribution is 6.58. The maximum absolute atomic E-state index is 14.8. The molecule has 0 N–H and O–H groups in total. The fraction of sp³-hybridized carbons (Fsp3) is 0.571. The molecular formula is C28H37F2Si. The average molecular weight is 440 g/mol. The number of benzene rings is 2. The van der Waals surface area contributed by atoms with Gasteiger partial charge in [-0.15, -0.1) is 0 Å². The lowest BCUT2D eigenvalue weighted by Gasteiger charge is -2.32. The van der Waals surface area contributed by atoms with Crippen molar-refractivity contribution < 1.29 is 8.78 Å². The summed E-state index contributed by atoms with van der Waals surface area (Å²) in [4.78, 5) is 0. The van der Waals surface area contributed by atoms with Gasteiger partial charge in [-0.2, -0.15) is 0 Å². The molecule has 2 fully saturated rings. The van der Waals surface area contributed by atoms with Crippen molar-refractivity contribution in [1.29, 1.82) is 0 Å². The minimum atomic E-state index is -0.289. The normalized spacial score (nSPS) is 23.2. The Morgan fingerprint density at radius 2 is 1.45 bits per heavy atom. The minimum Gasteiger partial charge on any atom is -0.207 e. The van der Waals surface area contributed by atoms with Gasteiger partial charge in [-0.3, -0.25) is 0 Å². The lowest BCUT2D eigenvalue weighted by Crippen LogP contribution is -2.22. The van der Waals surface area contributed by atoms with Crippen molar-refractivity contribution >= 4 is 8.80 Å². The molecule has 31 heavy (non-hydrogen) atoms. The van der Waals surface area contributed by atoms with E-state index in [1.165, 1.54) is 76.0 Å². The van der Waals surface area contributed by atoms with Crippen LogP contribution in [0.15, 0.2) is 42.5 Å². The van der Waals surface area contributed by atoms with E-state index in [9.17, 15) is 8.78 Å². The average Bonchev–Trinajstić information content (AvgIpc) is 2.80. The second kappa shape index (κ2) is 10.9. The molecular weight excluding hydrogens is 402 g/mol. The van der Waals surface area contributed by atoms with Gasteiger partial charge in [0.1, 0.15) is 11.6 Å². The first-order chi connectivity index (χ1) is 15.1. The van der Waals surface area contributed by atoms with Crippen molar-refractivity contribution in [3.05, 3.63) is 59.7 Å². The maximum Gasteiger partial charge on any atom is 0.131 e. The third-order valence-electron chi connectivity index (χ3n) is 7.87. The quantitative estimate of drug-likeness (QED) is 0.378. The summed E-state index contributed by atoms with van der Waals surface area (Å²) in [6, 6.07) is 16.4. The number of halogens is 2. The van der Waals surface area contributed by atoms with E-state index in [0.29, 0.717) is 11.5 Å². The first kappa shape index (κ1) is 22.7. The van der Waals surface area contributed by atoms with Crippen molar-refractivity contribution in [2.24, 2.45) is 11.8 Å². The van der Waals surface area contributed by atoms with Gasteiger partial charge in [0.15, 0.2) is 0 Å². The maximum atomic E-state index is 14.8. The SMILES string of the molecule is CCC[Si]1CCC(CCC2CCC(c3ccc(-c4ccc(F)cc4)c(F)c3)CC2)CC1. The molecule has 1 saturated heterocycles. The van der Waals surface area contributed by atoms with Gasteiger partial charge in [0.25, 0.3) is 0 Å². The summed E-state index contributed by atoms with van der Waals surface area (Å²) in [6.07, 6.45) is 12.2. The topological polar surface area (TPSA) is 0 Å². The molecule has 0 unspecified atom stereocenters. The zero-order valence-electron chi connectivity index (χ0n) is 19.0. The number of rotatable bonds is 7. The molecule has 1 saturated carbocycles. The lowest BCUT2D eigenvalue weighted by molar-refractivity contribution is 0.280. The van der Waals surface area contributed by atoms with E-state index in [-0.39, 0.29) is 20.4 Å². The molecule has 0 nitrogen and oxygen atoms in total. The van der Waals surface area contributed by atoms with Crippen LogP contribution < -0.4 is 0 Å². The Balaban J connectivity index is 1.24. The smallest absolute Gasteiger partial charge is 0.131 e. The summed E-state index contributed by atoms with van der Waals surface area (Å²) in [7, 11) is 0.0154. The minimum absolute atomic E-state index is 0.0154. The van der Waals surface area contributed by atoms with E-state index in [0.717, 1.165) is 23.0 Å². The van der Waals surface area contributed by atoms with Crippen LogP contribution in [0.25, 0.3) is 11.1 Å². The van der Waals surface area contributed by atoms with Gasteiger partial charge in [0.05, 0.1) is 0 Å². The van der Waals surface area contributed by atoms with E-state index in [2.05, 4.69) is 13.0 Å². The summed E-state index contributed by atoms with van der Waals surface area (Å²) in [6.45, 7) is 2.34. The Bertz CT molecular complexity index is 815. The van der Waals surface area contributed by atoms with Crippen LogP contribution in [-0.2, 0) is 0 Å². The summed E-state index contributed by atoms with van der Waals surface area (Å²) in [5.74, 6) is 1.89. The Labute approximate surface area is 189 Å². The van der Waals surface area contributed by atoms with Crippen LogP contribution in [0.1, 0.15) is 76.2 Å². The van der Waals surface area contributed by atoms with Crippen LogP contribution in [0.2, 0.25) is 18.1 Å². The largest absolute Gasteiger partial charge is 0.207 e. The molecule has 4 rings (SSSR count). The summed E-state index contributed by atoms with van der Waals surface area (Å²) in [5.41, 5.74) is 2.44. The molecule has 1 heterocycles. The van der Waals surface area contributed by atoms with Crippen molar-refractivity contribution in [3.63, 3.8) is 0 Å². The number of hydrogen-bond donors (Lipinski definition) is 0. The Morgan fingerprint density at radius 1 is 0.806 bits per heavy atom.